The van der Waals surface area contributed by atoms with E-state index in [4.69, 9.17) is 9.47 Å². The molecular weight excluding hydrogens is 710 g/mol. The molecule has 0 radical (unpaired) electrons. The summed E-state index contributed by atoms with van der Waals surface area (Å²) in [5.41, 5.74) is 2.43. The topological polar surface area (TPSA) is 136 Å². The first kappa shape index (κ1) is 54.1. The van der Waals surface area contributed by atoms with Crippen LogP contribution in [0.3, 0.4) is 0 Å². The normalized spacial score (nSPS) is 11.9. The van der Waals surface area contributed by atoms with Gasteiger partial charge in [0.05, 0.1) is 17.9 Å². The third-order valence-corrected chi connectivity index (χ3v) is 9.33. The van der Waals surface area contributed by atoms with E-state index < -0.39 is 21.9 Å². The van der Waals surface area contributed by atoms with Gasteiger partial charge in [-0.3, -0.25) is 23.6 Å². The van der Waals surface area contributed by atoms with Gasteiger partial charge >= 0.3 is 0 Å². The third-order valence-electron chi connectivity index (χ3n) is 8.37. The van der Waals surface area contributed by atoms with E-state index in [-0.39, 0.29) is 81.6 Å². The van der Waals surface area contributed by atoms with Crippen molar-refractivity contribution in [3.8, 4) is 0 Å². The van der Waals surface area contributed by atoms with Gasteiger partial charge in [0.25, 0.3) is 10.1 Å². The Bertz CT molecular complexity index is 1770. The minimum Gasteiger partial charge on any atom is -0.381 e. The van der Waals surface area contributed by atoms with Crippen LogP contribution in [-0.4, -0.2) is 56.9 Å². The van der Waals surface area contributed by atoms with Gasteiger partial charge in [-0.05, 0) is 68.5 Å². The van der Waals surface area contributed by atoms with Crippen molar-refractivity contribution in [2.24, 2.45) is 5.92 Å². The van der Waals surface area contributed by atoms with Gasteiger partial charge in [0.2, 0.25) is 5.91 Å². The van der Waals surface area contributed by atoms with Crippen molar-refractivity contribution in [1.29, 1.82) is 0 Å². The average Bonchev–Trinajstić information content (AvgIpc) is 3.08. The number of hydrogen-bond acceptors (Lipinski definition) is 7. The predicted molar refractivity (Wildman–Crippen MR) is 222 cm³/mol. The van der Waals surface area contributed by atoms with Crippen molar-refractivity contribution >= 4 is 44.1 Å². The largest absolute Gasteiger partial charge is 0.381 e. The second kappa shape index (κ2) is 27.3. The fourth-order valence-corrected chi connectivity index (χ4v) is 6.66. The second-order valence-electron chi connectivity index (χ2n) is 12.0. The van der Waals surface area contributed by atoms with E-state index in [0.29, 0.717) is 23.6 Å². The van der Waals surface area contributed by atoms with E-state index in [0.717, 1.165) is 24.8 Å². The molecule has 0 aliphatic heterocycles. The van der Waals surface area contributed by atoms with Crippen LogP contribution >= 0.6 is 0 Å². The molecule has 0 heterocycles. The van der Waals surface area contributed by atoms with Crippen molar-refractivity contribution in [2.75, 3.05) is 19.5 Å². The van der Waals surface area contributed by atoms with Gasteiger partial charge in [-0.25, -0.2) is 0 Å². The molecule has 0 saturated heterocycles. The van der Waals surface area contributed by atoms with Crippen molar-refractivity contribution in [3.63, 3.8) is 0 Å². The molecule has 3 atom stereocenters. The van der Waals surface area contributed by atoms with Crippen molar-refractivity contribution in [2.45, 2.75) is 106 Å². The molecular formula is C43H64FNO8S. The first-order valence-corrected chi connectivity index (χ1v) is 17.8. The summed E-state index contributed by atoms with van der Waals surface area (Å²) in [6.45, 7) is 3.09. The number of fused-ring (bicyclic) bond motifs is 1. The van der Waals surface area contributed by atoms with Gasteiger partial charge in [-0.15, -0.1) is 0 Å². The minimum atomic E-state index is -4.59. The van der Waals surface area contributed by atoms with E-state index >= 15 is 0 Å². The Kier molecular flexibility index (Phi) is 27.3. The number of hydrogen-bond donors (Lipinski definition) is 2. The molecule has 2 N–H and O–H groups in total. The van der Waals surface area contributed by atoms with Gasteiger partial charge in [0.1, 0.15) is 16.5 Å². The Labute approximate surface area is 324 Å². The number of anilines is 1. The predicted octanol–water partition coefficient (Wildman–Crippen LogP) is 9.97. The summed E-state index contributed by atoms with van der Waals surface area (Å²) in [7, 11) is -1.37. The Balaban J connectivity index is -0.00000111. The molecule has 0 saturated carbocycles. The lowest BCUT2D eigenvalue weighted by atomic mass is 9.89. The number of rotatable bonds is 17. The van der Waals surface area contributed by atoms with Crippen LogP contribution in [-0.2, 0) is 46.8 Å². The highest BCUT2D eigenvalue weighted by molar-refractivity contribution is 7.86. The second-order valence-corrected chi connectivity index (χ2v) is 13.4. The molecule has 9 nitrogen and oxygen atoms in total. The summed E-state index contributed by atoms with van der Waals surface area (Å²) in [6.07, 6.45) is 3.71. The lowest BCUT2D eigenvalue weighted by molar-refractivity contribution is -0.126. The van der Waals surface area contributed by atoms with Crippen LogP contribution < -0.4 is 5.32 Å². The summed E-state index contributed by atoms with van der Waals surface area (Å²) in [5.74, 6) is -0.812. The van der Waals surface area contributed by atoms with Gasteiger partial charge < -0.3 is 14.8 Å². The number of benzene rings is 4. The average molecular weight is 774 g/mol. The summed E-state index contributed by atoms with van der Waals surface area (Å²) in [4.78, 5) is 35.6. The van der Waals surface area contributed by atoms with E-state index in [1.807, 2.05) is 48.5 Å². The number of amides is 1. The number of Topliss-reactive ketones (excluding diaryl/α,β-unsaturated/α-hetero) is 2. The number of nitrogens with one attached hydrogen (secondary N) is 1. The Morgan fingerprint density at radius 1 is 0.704 bits per heavy atom. The lowest BCUT2D eigenvalue weighted by Gasteiger charge is -2.24. The highest BCUT2D eigenvalue weighted by Crippen LogP contribution is 2.31. The summed E-state index contributed by atoms with van der Waals surface area (Å²) in [5, 5.41) is 3.51. The van der Waals surface area contributed by atoms with E-state index in [2.05, 4.69) is 17.4 Å². The Morgan fingerprint density at radius 2 is 1.22 bits per heavy atom. The van der Waals surface area contributed by atoms with E-state index in [1.165, 1.54) is 18.6 Å². The highest BCUT2D eigenvalue weighted by atomic mass is 32.2. The minimum absolute atomic E-state index is 0. The van der Waals surface area contributed by atoms with Crippen LogP contribution in [0.25, 0.3) is 10.8 Å². The number of carbonyl (C=O) groups excluding carboxylic acids is 3. The van der Waals surface area contributed by atoms with E-state index in [1.54, 1.807) is 51.5 Å². The monoisotopic (exact) mass is 773 g/mol. The van der Waals surface area contributed by atoms with Gasteiger partial charge in [-0.2, -0.15) is 8.42 Å². The zero-order chi connectivity index (χ0) is 35.8. The van der Waals surface area contributed by atoms with Gasteiger partial charge in [0.15, 0.2) is 0 Å². The van der Waals surface area contributed by atoms with Crippen LogP contribution in [0.1, 0.15) is 86.8 Å². The van der Waals surface area contributed by atoms with Gasteiger partial charge in [-0.1, -0.05) is 121 Å². The molecule has 4 aromatic carbocycles. The first-order chi connectivity index (χ1) is 23.4. The molecule has 4 aromatic rings. The third kappa shape index (κ3) is 17.7. The quantitative estimate of drug-likeness (QED) is 0.101. The van der Waals surface area contributed by atoms with Crippen LogP contribution in [0.4, 0.5) is 10.4 Å². The molecule has 0 bridgehead atoms. The molecule has 0 aliphatic carbocycles. The van der Waals surface area contributed by atoms with Crippen LogP contribution in [0, 0.1) is 5.92 Å². The fraction of sp³-hybridized carbons (Fsp3) is 0.419. The number of halogens is 1. The Morgan fingerprint density at radius 3 is 1.70 bits per heavy atom. The maximum atomic E-state index is 12.7. The van der Waals surface area contributed by atoms with Crippen molar-refractivity contribution in [1.82, 2.24) is 0 Å². The molecule has 0 spiro atoms. The standard InChI is InChI=1S/C26H29NO6S.C13H18O2.4CH4.FH/c1-18(28)21(24(33-2)16-12-19-8-4-3-5-9-19)14-17-25(29)27-23-15-13-20-10-6-7-11-22(20)26(23)34(30,31)32;1-11(14)10-13(15-2)9-8-12-6-4-3-5-7-12;;;;;/h3-11,13,15,21,24H,12,14,16-17H2,1-2H3,(H,27,29)(H,30,31,32);3-7,13H,8-10H2,1-2H3;4*1H4;1H. The molecule has 4 rings (SSSR count). The molecule has 0 aromatic heterocycles. The SMILES string of the molecule is C.C.C.C.COC(CCc1ccccc1)C(CCC(=O)Nc1ccc2ccccc2c1S(=O)(=O)O)C(C)=O.COC(CCc1ccccc1)CC(C)=O.F. The van der Waals surface area contributed by atoms with Crippen LogP contribution in [0.2, 0.25) is 0 Å². The molecule has 1 amide bonds. The first-order valence-electron chi connectivity index (χ1n) is 16.3. The fourth-order valence-electron chi connectivity index (χ4n) is 5.80. The summed E-state index contributed by atoms with van der Waals surface area (Å²) < 4.78 is 44.8. The Hall–Kier alpha value is -4.29. The number of methoxy groups -OCH3 is 2. The van der Waals surface area contributed by atoms with Crippen molar-refractivity contribution in [3.05, 3.63) is 108 Å². The summed E-state index contributed by atoms with van der Waals surface area (Å²) in [6, 6.07) is 29.9. The molecule has 302 valence electrons. The molecule has 11 heteroatoms. The number of carbonyl (C=O) groups is 3. The number of ketones is 2. The smallest absolute Gasteiger partial charge is 0.297 e. The number of aryl methyl sites for hydroxylation is 2. The maximum Gasteiger partial charge on any atom is 0.297 e. The van der Waals surface area contributed by atoms with Crippen molar-refractivity contribution < 1.29 is 41.5 Å². The summed E-state index contributed by atoms with van der Waals surface area (Å²) >= 11 is 0. The van der Waals surface area contributed by atoms with Crippen LogP contribution in [0.15, 0.2) is 102 Å². The lowest BCUT2D eigenvalue weighted by Crippen LogP contribution is -2.30. The molecule has 3 unspecified atom stereocenters. The molecule has 0 fully saturated rings. The highest BCUT2D eigenvalue weighted by Gasteiger charge is 2.27. The molecule has 54 heavy (non-hydrogen) atoms. The zero-order valence-corrected chi connectivity index (χ0v) is 29.9. The zero-order valence-electron chi connectivity index (χ0n) is 29.0. The van der Waals surface area contributed by atoms with Gasteiger partial charge in [0, 0.05) is 38.4 Å². The van der Waals surface area contributed by atoms with Crippen LogP contribution in [0.5, 0.6) is 0 Å². The molecule has 0 aliphatic rings. The number of ether oxygens (including phenoxy) is 2. The van der Waals surface area contributed by atoms with E-state index in [9.17, 15) is 27.4 Å². The maximum absolute atomic E-state index is 12.7.